The summed E-state index contributed by atoms with van der Waals surface area (Å²) in [6, 6.07) is 58.2. The van der Waals surface area contributed by atoms with Gasteiger partial charge < -0.3 is 18.8 Å². The normalized spacial score (nSPS) is 15.9. The number of aromatic nitrogens is 3. The summed E-state index contributed by atoms with van der Waals surface area (Å²) in [6.07, 6.45) is 1.83. The molecule has 0 bridgehead atoms. The fraction of sp³-hybridized carbons (Fsp3) is 0.194. The van der Waals surface area contributed by atoms with Crippen molar-refractivity contribution in [1.82, 2.24) is 14.1 Å². The van der Waals surface area contributed by atoms with Crippen molar-refractivity contribution in [2.75, 3.05) is 4.90 Å². The molecule has 0 N–H and O–H groups in total. The van der Waals surface area contributed by atoms with Crippen LogP contribution in [0.15, 0.2) is 170 Å². The molecule has 4 heterocycles. The van der Waals surface area contributed by atoms with E-state index in [1.807, 2.05) is 158 Å². The first-order valence-electron chi connectivity index (χ1n) is 30.2. The summed E-state index contributed by atoms with van der Waals surface area (Å²) >= 11 is 0. The predicted octanol–water partition coefficient (Wildman–Crippen LogP) is 18.1. The van der Waals surface area contributed by atoms with Gasteiger partial charge in [-0.15, -0.1) is 35.7 Å². The van der Waals surface area contributed by atoms with Crippen LogP contribution in [-0.4, -0.2) is 14.1 Å². The molecule has 0 amide bonds. The van der Waals surface area contributed by atoms with Crippen molar-refractivity contribution in [3.05, 3.63) is 211 Å². The molecule has 366 valence electrons. The largest absolute Gasteiger partial charge is 0.509 e. The molecule has 11 aromatic rings. The van der Waals surface area contributed by atoms with Gasteiger partial charge in [0, 0.05) is 66.4 Å². The van der Waals surface area contributed by atoms with Gasteiger partial charge >= 0.3 is 0 Å². The number of rotatable bonds is 5. The van der Waals surface area contributed by atoms with E-state index >= 15 is 0 Å². The number of anilines is 2. The monoisotopic (exact) mass is 1140 g/mol. The van der Waals surface area contributed by atoms with E-state index in [1.165, 1.54) is 12.1 Å². The van der Waals surface area contributed by atoms with Gasteiger partial charge in [0.25, 0.3) is 0 Å². The Hall–Kier alpha value is -7.33. The average Bonchev–Trinajstić information content (AvgIpc) is 1.61. The first-order valence-corrected chi connectivity index (χ1v) is 24.2. The van der Waals surface area contributed by atoms with Crippen LogP contribution >= 0.6 is 0 Å². The number of hydrogen-bond acceptors (Lipinski definition) is 3. The molecule has 73 heavy (non-hydrogen) atoms. The van der Waals surface area contributed by atoms with E-state index in [1.54, 1.807) is 18.2 Å². The summed E-state index contributed by atoms with van der Waals surface area (Å²) in [4.78, 5) is 6.77. The Balaban J connectivity index is 0.00000752. The molecule has 1 aliphatic rings. The Bertz CT molecular complexity index is 4520. The van der Waals surface area contributed by atoms with E-state index in [0.29, 0.717) is 66.8 Å². The van der Waals surface area contributed by atoms with Gasteiger partial charge in [0.1, 0.15) is 5.82 Å². The van der Waals surface area contributed by atoms with E-state index < -0.39 is 38.2 Å². The minimum Gasteiger partial charge on any atom is -0.509 e. The number of nitrogens with zero attached hydrogens (tertiary/aromatic N) is 4. The molecule has 1 aliphatic heterocycles. The van der Waals surface area contributed by atoms with Gasteiger partial charge in [-0.05, 0) is 131 Å². The topological polar surface area (TPSA) is 35.2 Å². The van der Waals surface area contributed by atoms with Gasteiger partial charge in [-0.3, -0.25) is 0 Å². The molecule has 0 unspecified atom stereocenters. The molecule has 12 rings (SSSR count). The molecule has 0 radical (unpaired) electrons. The van der Waals surface area contributed by atoms with Crippen LogP contribution in [0.5, 0.6) is 11.5 Å². The molecular formula is C67H59N4OPt-3. The second kappa shape index (κ2) is 17.7. The van der Waals surface area contributed by atoms with E-state index in [9.17, 15) is 0 Å². The summed E-state index contributed by atoms with van der Waals surface area (Å²) in [7, 11) is 0. The van der Waals surface area contributed by atoms with E-state index in [-0.39, 0.29) is 37.6 Å². The first kappa shape index (κ1) is 35.7. The van der Waals surface area contributed by atoms with E-state index in [4.69, 9.17) is 26.2 Å². The summed E-state index contributed by atoms with van der Waals surface area (Å²) in [6.45, 7) is 0.824. The Kier molecular flexibility index (Phi) is 8.67. The summed E-state index contributed by atoms with van der Waals surface area (Å²) in [5.74, 6) is 1.54. The zero-order valence-corrected chi connectivity index (χ0v) is 43.5. The fourth-order valence-electron chi connectivity index (χ4n) is 10.4. The summed E-state index contributed by atoms with van der Waals surface area (Å²) in [5, 5.41) is 6.13. The Labute approximate surface area is 460 Å². The number of pyridine rings is 1. The Morgan fingerprint density at radius 2 is 1.19 bits per heavy atom. The average molecular weight is 1140 g/mol. The Morgan fingerprint density at radius 1 is 0.548 bits per heavy atom. The summed E-state index contributed by atoms with van der Waals surface area (Å²) < 4.78 is 117. The molecule has 0 aliphatic carbocycles. The second-order valence-corrected chi connectivity index (χ2v) is 20.9. The van der Waals surface area contributed by atoms with Crippen LogP contribution in [0.3, 0.4) is 0 Å². The minimum absolute atomic E-state index is 0. The third kappa shape index (κ3) is 8.23. The molecule has 0 fully saturated rings. The molecule has 8 aromatic carbocycles. The molecule has 0 saturated carbocycles. The molecule has 5 nitrogen and oxygen atoms in total. The van der Waals surface area contributed by atoms with Crippen molar-refractivity contribution in [3.63, 3.8) is 0 Å². The van der Waals surface area contributed by atoms with Crippen LogP contribution in [0.1, 0.15) is 101 Å². The molecule has 6 heteroatoms. The van der Waals surface area contributed by atoms with Crippen molar-refractivity contribution in [1.29, 1.82) is 0 Å². The molecule has 0 saturated heterocycles. The maximum absolute atomic E-state index is 9.12. The molecular weight excluding hydrogens is 1070 g/mol. The van der Waals surface area contributed by atoms with Gasteiger partial charge in [0.15, 0.2) is 0 Å². The second-order valence-electron chi connectivity index (χ2n) is 20.9. The zero-order chi connectivity index (χ0) is 59.8. The standard InChI is InChI=1S/C67H59N4O.Pt/c1-42-29-32-59-64-62(42)56-25-14-13-22-52(56)51-21-11-12-23-53(51)57-27-18-26-50(43-35-45(66(5,6)7)37-46(36-43)67(8,9)10)63(57)70(64)41-69(59)47-19-17-20-48(39-47)72-49-30-31-55-54-24-15-16-28-58(54)71(60(55)40-49)61-38-44(33-34-68-61)65(2,3)4;/h11-38,41H,1-10H3;/q-3;/i1D3,5D3,6D3,7D3;. The number of benzene rings is 8. The quantitative estimate of drug-likeness (QED) is 0.161. The number of aryl methyl sites for hydroxylation is 1. The number of fused-ring (bicyclic) bond motifs is 10. The van der Waals surface area contributed by atoms with Crippen LogP contribution in [0, 0.1) is 25.7 Å². The SMILES string of the molecule is [2H]C([2H])([2H])c1ccc2c3c1c1ccccc1c1ccccc1c1cccc(-c4cc(C(C)(C)C)cc(C(C([2H])([2H])[2H])(C([2H])([2H])[2H])C([2H])([2H])[2H])c4)c1n3[CH-]N2c1[c-]c(Oc2[c-]c3c(cc2)c2ccccc2n3-c2cc(C(C)(C)C)ccn2)ccc1.[Pt]. The zero-order valence-electron chi connectivity index (χ0n) is 53.3. The van der Waals surface area contributed by atoms with E-state index in [0.717, 1.165) is 49.3 Å². The van der Waals surface area contributed by atoms with Crippen molar-refractivity contribution in [2.45, 2.75) is 85.2 Å². The number of ether oxygens (including phenoxy) is 1. The van der Waals surface area contributed by atoms with Gasteiger partial charge in [0.05, 0.1) is 0 Å². The van der Waals surface area contributed by atoms with Gasteiger partial charge in [0.2, 0.25) is 0 Å². The van der Waals surface area contributed by atoms with Gasteiger partial charge in [-0.2, -0.15) is 12.1 Å². The van der Waals surface area contributed by atoms with Crippen LogP contribution in [0.4, 0.5) is 11.4 Å². The van der Waals surface area contributed by atoms with Crippen LogP contribution in [0.25, 0.3) is 82.1 Å². The molecule has 0 atom stereocenters. The van der Waals surface area contributed by atoms with Crippen molar-refractivity contribution >= 4 is 76.5 Å². The van der Waals surface area contributed by atoms with Gasteiger partial charge in [-0.1, -0.05) is 188 Å². The maximum atomic E-state index is 9.12. The maximum Gasteiger partial charge on any atom is 0.135 e. The minimum atomic E-state index is -3.54. The number of hydrogen-bond donors (Lipinski definition) is 0. The molecule has 0 spiro atoms. The third-order valence-electron chi connectivity index (χ3n) is 14.0. The summed E-state index contributed by atoms with van der Waals surface area (Å²) in [5.41, 5.74) is 1.86. The van der Waals surface area contributed by atoms with Crippen molar-refractivity contribution < 1.29 is 42.3 Å². The van der Waals surface area contributed by atoms with Gasteiger partial charge in [-0.25, -0.2) is 4.98 Å². The smallest absolute Gasteiger partial charge is 0.135 e. The predicted molar refractivity (Wildman–Crippen MR) is 303 cm³/mol. The first-order chi connectivity index (χ1) is 39.5. The third-order valence-corrected chi connectivity index (χ3v) is 14.0. The van der Waals surface area contributed by atoms with Crippen LogP contribution < -0.4 is 9.64 Å². The van der Waals surface area contributed by atoms with E-state index in [2.05, 4.69) is 55.7 Å². The van der Waals surface area contributed by atoms with Crippen LogP contribution in [0.2, 0.25) is 0 Å². The fourth-order valence-corrected chi connectivity index (χ4v) is 10.4. The van der Waals surface area contributed by atoms with Crippen molar-refractivity contribution in [2.24, 2.45) is 0 Å². The Morgan fingerprint density at radius 3 is 1.92 bits per heavy atom. The van der Waals surface area contributed by atoms with Crippen molar-refractivity contribution in [3.8, 4) is 28.4 Å². The number of para-hydroxylation sites is 2. The molecule has 3 aromatic heterocycles. The van der Waals surface area contributed by atoms with Crippen LogP contribution in [-0.2, 0) is 37.3 Å².